The van der Waals surface area contributed by atoms with Gasteiger partial charge in [0.1, 0.15) is 5.84 Å². The second-order valence-electron chi connectivity index (χ2n) is 5.52. The first-order valence-corrected chi connectivity index (χ1v) is 7.32. The summed E-state index contributed by atoms with van der Waals surface area (Å²) in [5.74, 6) is 0.801. The molecule has 2 rings (SSSR count). The van der Waals surface area contributed by atoms with Gasteiger partial charge in [-0.15, -0.1) is 0 Å². The number of carbonyl (C=O) groups excluding carboxylic acids is 1. The lowest BCUT2D eigenvalue weighted by Crippen LogP contribution is -2.35. The van der Waals surface area contributed by atoms with Gasteiger partial charge >= 0.3 is 0 Å². The minimum absolute atomic E-state index is 0.134. The zero-order valence-electron chi connectivity index (χ0n) is 12.1. The number of amides is 1. The maximum Gasteiger partial charge on any atom is 0.223 e. The van der Waals surface area contributed by atoms with Gasteiger partial charge in [0.15, 0.2) is 0 Å². The van der Waals surface area contributed by atoms with E-state index in [4.69, 9.17) is 10.9 Å². The van der Waals surface area contributed by atoms with Crippen molar-refractivity contribution in [3.8, 4) is 0 Å². The summed E-state index contributed by atoms with van der Waals surface area (Å²) in [6.45, 7) is 0.967. The van der Waals surface area contributed by atoms with Crippen LogP contribution < -0.4 is 5.73 Å². The predicted molar refractivity (Wildman–Crippen MR) is 79.6 cm³/mol. The number of rotatable bonds is 7. The lowest BCUT2D eigenvalue weighted by molar-refractivity contribution is -0.133. The molecular weight excluding hydrogens is 268 g/mol. The molecule has 1 amide bonds. The van der Waals surface area contributed by atoms with E-state index in [2.05, 4.69) is 10.1 Å². The second kappa shape index (κ2) is 7.61. The number of hydrogen-bond acceptors (Lipinski definition) is 4. The van der Waals surface area contributed by atoms with Crippen LogP contribution in [0, 0.1) is 5.92 Å². The first-order valence-electron chi connectivity index (χ1n) is 7.32. The Kier molecular flexibility index (Phi) is 5.54. The quantitative estimate of drug-likeness (QED) is 0.346. The van der Waals surface area contributed by atoms with Gasteiger partial charge < -0.3 is 15.8 Å². The molecule has 1 saturated carbocycles. The molecule has 0 radical (unpaired) electrons. The lowest BCUT2D eigenvalue weighted by atomic mass is 9.82. The topological polar surface area (TPSA) is 91.8 Å². The third kappa shape index (κ3) is 4.73. The van der Waals surface area contributed by atoms with Crippen molar-refractivity contribution < 1.29 is 10.0 Å². The largest absolute Gasteiger partial charge is 0.409 e. The maximum atomic E-state index is 12.4. The highest BCUT2D eigenvalue weighted by Gasteiger charge is 2.24. The monoisotopic (exact) mass is 290 g/mol. The van der Waals surface area contributed by atoms with E-state index >= 15 is 0 Å². The van der Waals surface area contributed by atoms with Crippen molar-refractivity contribution in [1.29, 1.82) is 0 Å². The molecule has 1 aliphatic carbocycles. The number of pyridine rings is 1. The molecule has 6 heteroatoms. The maximum absolute atomic E-state index is 12.4. The number of nitrogens with zero attached hydrogens (tertiary/aromatic N) is 3. The van der Waals surface area contributed by atoms with Crippen LogP contribution in [0.1, 0.15) is 37.7 Å². The molecule has 1 fully saturated rings. The SMILES string of the molecule is N/C(CCN(Cc1cccnc1)C(=O)CC1CCC1)=N/O. The Labute approximate surface area is 124 Å². The standard InChI is InChI=1S/C15H22N4O2/c16-14(18-21)6-8-19(11-13-5-2-7-17-10-13)15(20)9-12-3-1-4-12/h2,5,7,10,12,21H,1,3-4,6,8-9,11H2,(H2,16,18). The molecule has 1 heterocycles. The van der Waals surface area contributed by atoms with E-state index in [0.29, 0.717) is 31.8 Å². The highest BCUT2D eigenvalue weighted by atomic mass is 16.4. The van der Waals surface area contributed by atoms with Crippen LogP contribution in [0.15, 0.2) is 29.7 Å². The summed E-state index contributed by atoms with van der Waals surface area (Å²) in [7, 11) is 0. The summed E-state index contributed by atoms with van der Waals surface area (Å²) in [5, 5.41) is 11.6. The van der Waals surface area contributed by atoms with Gasteiger partial charge in [0.25, 0.3) is 0 Å². The Bertz CT molecular complexity index is 486. The smallest absolute Gasteiger partial charge is 0.223 e. The average Bonchev–Trinajstić information content (AvgIpc) is 2.47. The summed E-state index contributed by atoms with van der Waals surface area (Å²) in [6.07, 6.45) is 7.95. The summed E-state index contributed by atoms with van der Waals surface area (Å²) < 4.78 is 0. The van der Waals surface area contributed by atoms with E-state index < -0.39 is 0 Å². The fraction of sp³-hybridized carbons (Fsp3) is 0.533. The molecule has 0 saturated heterocycles. The van der Waals surface area contributed by atoms with E-state index in [1.807, 2.05) is 12.1 Å². The van der Waals surface area contributed by atoms with E-state index in [1.165, 1.54) is 6.42 Å². The Morgan fingerprint density at radius 1 is 1.52 bits per heavy atom. The average molecular weight is 290 g/mol. The second-order valence-corrected chi connectivity index (χ2v) is 5.52. The third-order valence-corrected chi connectivity index (χ3v) is 3.90. The van der Waals surface area contributed by atoms with Crippen LogP contribution in [0.4, 0.5) is 0 Å². The van der Waals surface area contributed by atoms with Gasteiger partial charge in [-0.25, -0.2) is 0 Å². The van der Waals surface area contributed by atoms with Gasteiger partial charge in [-0.3, -0.25) is 9.78 Å². The highest BCUT2D eigenvalue weighted by Crippen LogP contribution is 2.30. The molecule has 3 N–H and O–H groups in total. The Morgan fingerprint density at radius 3 is 2.90 bits per heavy atom. The highest BCUT2D eigenvalue weighted by molar-refractivity contribution is 5.81. The summed E-state index contributed by atoms with van der Waals surface area (Å²) in [4.78, 5) is 18.3. The van der Waals surface area contributed by atoms with Crippen LogP contribution in [0.2, 0.25) is 0 Å². The first-order chi connectivity index (χ1) is 10.2. The number of amidine groups is 1. The van der Waals surface area contributed by atoms with Crippen molar-refractivity contribution in [2.45, 2.75) is 38.6 Å². The van der Waals surface area contributed by atoms with E-state index in [9.17, 15) is 4.79 Å². The number of carbonyl (C=O) groups is 1. The molecule has 1 aliphatic rings. The van der Waals surface area contributed by atoms with Gasteiger partial charge in [0.2, 0.25) is 5.91 Å². The van der Waals surface area contributed by atoms with Gasteiger partial charge in [-0.05, 0) is 30.4 Å². The fourth-order valence-corrected chi connectivity index (χ4v) is 2.38. The van der Waals surface area contributed by atoms with Gasteiger partial charge in [0, 0.05) is 38.3 Å². The Balaban J connectivity index is 1.96. The summed E-state index contributed by atoms with van der Waals surface area (Å²) >= 11 is 0. The lowest BCUT2D eigenvalue weighted by Gasteiger charge is -2.29. The molecule has 21 heavy (non-hydrogen) atoms. The van der Waals surface area contributed by atoms with Crippen molar-refractivity contribution in [3.05, 3.63) is 30.1 Å². The third-order valence-electron chi connectivity index (χ3n) is 3.90. The minimum atomic E-state index is 0.134. The van der Waals surface area contributed by atoms with Gasteiger partial charge in [0.05, 0.1) is 0 Å². The molecule has 0 spiro atoms. The normalized spacial score (nSPS) is 15.5. The van der Waals surface area contributed by atoms with Gasteiger partial charge in [-0.2, -0.15) is 0 Å². The Hall–Kier alpha value is -2.11. The van der Waals surface area contributed by atoms with Crippen LogP contribution in [0.5, 0.6) is 0 Å². The van der Waals surface area contributed by atoms with E-state index in [1.54, 1.807) is 17.3 Å². The summed E-state index contributed by atoms with van der Waals surface area (Å²) in [5.41, 5.74) is 6.49. The van der Waals surface area contributed by atoms with Crippen LogP contribution in [0.25, 0.3) is 0 Å². The molecule has 0 aromatic carbocycles. The molecule has 1 aromatic rings. The predicted octanol–water partition coefficient (Wildman–Crippen LogP) is 1.74. The van der Waals surface area contributed by atoms with E-state index in [-0.39, 0.29) is 11.7 Å². The number of oxime groups is 1. The zero-order valence-corrected chi connectivity index (χ0v) is 12.1. The molecule has 1 aromatic heterocycles. The molecule has 0 unspecified atom stereocenters. The van der Waals surface area contributed by atoms with Crippen LogP contribution in [-0.2, 0) is 11.3 Å². The van der Waals surface area contributed by atoms with Crippen molar-refractivity contribution in [3.63, 3.8) is 0 Å². The number of aromatic nitrogens is 1. The van der Waals surface area contributed by atoms with Crippen LogP contribution in [-0.4, -0.2) is 33.4 Å². The van der Waals surface area contributed by atoms with Crippen molar-refractivity contribution in [1.82, 2.24) is 9.88 Å². The molecule has 0 bridgehead atoms. The van der Waals surface area contributed by atoms with Crippen LogP contribution in [0.3, 0.4) is 0 Å². The molecule has 0 atom stereocenters. The van der Waals surface area contributed by atoms with Crippen LogP contribution >= 0.6 is 0 Å². The summed E-state index contributed by atoms with van der Waals surface area (Å²) in [6, 6.07) is 3.80. The minimum Gasteiger partial charge on any atom is -0.409 e. The van der Waals surface area contributed by atoms with Gasteiger partial charge in [-0.1, -0.05) is 17.6 Å². The molecular formula is C15H22N4O2. The van der Waals surface area contributed by atoms with Crippen molar-refractivity contribution in [2.75, 3.05) is 6.54 Å². The molecule has 0 aliphatic heterocycles. The molecule has 114 valence electrons. The number of hydrogen-bond donors (Lipinski definition) is 2. The van der Waals surface area contributed by atoms with E-state index in [0.717, 1.165) is 18.4 Å². The fourth-order valence-electron chi connectivity index (χ4n) is 2.38. The van der Waals surface area contributed by atoms with Crippen molar-refractivity contribution >= 4 is 11.7 Å². The number of nitrogens with two attached hydrogens (primary N) is 1. The zero-order chi connectivity index (χ0) is 15.1. The molecule has 6 nitrogen and oxygen atoms in total. The van der Waals surface area contributed by atoms with Crippen molar-refractivity contribution in [2.24, 2.45) is 16.8 Å². The Morgan fingerprint density at radius 2 is 2.33 bits per heavy atom. The first kappa shape index (κ1) is 15.3.